The largest absolute Gasteiger partial charge is 0.481 e. The standard InChI is InChI=1S/C18H28N6O11/c19-7(1-3-11(20)25)15(31)23-9(5-12(21)26)17(33)22-8(2-4-13(27)28)16(32)24-10(18(34)35)6-14(29)30/h7-10H,1-6,19H2,(H2,20,25)(H2,21,26)(H,22,33)(H,23,31)(H,24,32)(H,27,28)(H,29,30)(H,34,35). The molecule has 0 aliphatic heterocycles. The number of aliphatic carboxylic acids is 3. The SMILES string of the molecule is NC(=O)CCC(N)C(=O)NC(CC(N)=O)C(=O)NC(CCC(=O)O)C(=O)NC(CC(=O)O)C(=O)O. The van der Waals surface area contributed by atoms with Crippen LogP contribution in [0.3, 0.4) is 0 Å². The van der Waals surface area contributed by atoms with Gasteiger partial charge in [-0.05, 0) is 12.8 Å². The molecule has 0 saturated heterocycles. The van der Waals surface area contributed by atoms with E-state index >= 15 is 0 Å². The van der Waals surface area contributed by atoms with E-state index in [1.165, 1.54) is 0 Å². The smallest absolute Gasteiger partial charge is 0.326 e. The van der Waals surface area contributed by atoms with E-state index in [1.54, 1.807) is 0 Å². The highest BCUT2D eigenvalue weighted by Gasteiger charge is 2.32. The van der Waals surface area contributed by atoms with Gasteiger partial charge in [-0.15, -0.1) is 0 Å². The van der Waals surface area contributed by atoms with Crippen molar-refractivity contribution < 1.29 is 53.7 Å². The third kappa shape index (κ3) is 13.1. The second kappa shape index (κ2) is 14.8. The fourth-order valence-corrected chi connectivity index (χ4v) is 2.57. The Morgan fingerprint density at radius 1 is 0.600 bits per heavy atom. The number of carbonyl (C=O) groups excluding carboxylic acids is 5. The van der Waals surface area contributed by atoms with E-state index in [0.717, 1.165) is 0 Å². The highest BCUT2D eigenvalue weighted by Crippen LogP contribution is 2.04. The molecular formula is C18H28N6O11. The molecule has 0 rings (SSSR count). The highest BCUT2D eigenvalue weighted by molar-refractivity contribution is 5.96. The van der Waals surface area contributed by atoms with Crippen LogP contribution < -0.4 is 33.2 Å². The van der Waals surface area contributed by atoms with Crippen molar-refractivity contribution in [2.45, 2.75) is 62.7 Å². The molecule has 0 fully saturated rings. The zero-order valence-corrected chi connectivity index (χ0v) is 18.4. The van der Waals surface area contributed by atoms with Gasteiger partial charge >= 0.3 is 17.9 Å². The summed E-state index contributed by atoms with van der Waals surface area (Å²) in [4.78, 5) is 92.5. The number of carbonyl (C=O) groups is 8. The van der Waals surface area contributed by atoms with Crippen molar-refractivity contribution in [3.8, 4) is 0 Å². The van der Waals surface area contributed by atoms with E-state index in [9.17, 15) is 38.4 Å². The molecule has 0 aliphatic rings. The van der Waals surface area contributed by atoms with Gasteiger partial charge in [0.05, 0.1) is 18.9 Å². The van der Waals surface area contributed by atoms with Crippen molar-refractivity contribution in [3.63, 3.8) is 0 Å². The first-order chi connectivity index (χ1) is 16.1. The van der Waals surface area contributed by atoms with Crippen molar-refractivity contribution in [1.82, 2.24) is 16.0 Å². The molecule has 5 amide bonds. The van der Waals surface area contributed by atoms with Gasteiger partial charge in [-0.2, -0.15) is 0 Å². The predicted octanol–water partition coefficient (Wildman–Crippen LogP) is -4.67. The quantitative estimate of drug-likeness (QED) is 0.0902. The molecule has 0 saturated carbocycles. The van der Waals surface area contributed by atoms with Crippen LogP contribution >= 0.6 is 0 Å². The van der Waals surface area contributed by atoms with Crippen LogP contribution in [0, 0.1) is 0 Å². The van der Waals surface area contributed by atoms with Crippen LogP contribution in [-0.4, -0.2) is 86.9 Å². The molecule has 0 spiro atoms. The van der Waals surface area contributed by atoms with Crippen molar-refractivity contribution in [1.29, 1.82) is 0 Å². The lowest BCUT2D eigenvalue weighted by Crippen LogP contribution is -2.58. The zero-order chi connectivity index (χ0) is 27.3. The molecule has 0 aliphatic carbocycles. The van der Waals surface area contributed by atoms with Crippen LogP contribution in [0.2, 0.25) is 0 Å². The third-order valence-electron chi connectivity index (χ3n) is 4.35. The fourth-order valence-electron chi connectivity index (χ4n) is 2.57. The maximum Gasteiger partial charge on any atom is 0.326 e. The number of nitrogens with two attached hydrogens (primary N) is 3. The number of hydrogen-bond acceptors (Lipinski definition) is 9. The van der Waals surface area contributed by atoms with Crippen LogP contribution in [0.15, 0.2) is 0 Å². The molecule has 4 unspecified atom stereocenters. The van der Waals surface area contributed by atoms with E-state index in [2.05, 4.69) is 10.6 Å². The summed E-state index contributed by atoms with van der Waals surface area (Å²) in [7, 11) is 0. The first-order valence-electron chi connectivity index (χ1n) is 10.0. The lowest BCUT2D eigenvalue weighted by molar-refractivity contribution is -0.147. The minimum atomic E-state index is -1.89. The first kappa shape index (κ1) is 30.7. The molecule has 196 valence electrons. The van der Waals surface area contributed by atoms with Gasteiger partial charge in [0.2, 0.25) is 29.5 Å². The van der Waals surface area contributed by atoms with Gasteiger partial charge in [-0.3, -0.25) is 33.6 Å². The molecule has 35 heavy (non-hydrogen) atoms. The number of amides is 5. The minimum Gasteiger partial charge on any atom is -0.481 e. The van der Waals surface area contributed by atoms with Crippen LogP contribution in [-0.2, 0) is 38.4 Å². The van der Waals surface area contributed by atoms with Gasteiger partial charge in [-0.1, -0.05) is 0 Å². The number of carboxylic acids is 3. The van der Waals surface area contributed by atoms with E-state index in [4.69, 9.17) is 32.5 Å². The second-order valence-corrected chi connectivity index (χ2v) is 7.33. The Kier molecular flexibility index (Phi) is 13.0. The molecule has 12 N–H and O–H groups in total. The summed E-state index contributed by atoms with van der Waals surface area (Å²) in [5.41, 5.74) is 15.6. The van der Waals surface area contributed by atoms with E-state index in [1.807, 2.05) is 5.32 Å². The van der Waals surface area contributed by atoms with Crippen LogP contribution in [0.5, 0.6) is 0 Å². The normalized spacial score (nSPS) is 13.9. The monoisotopic (exact) mass is 504 g/mol. The second-order valence-electron chi connectivity index (χ2n) is 7.33. The van der Waals surface area contributed by atoms with Gasteiger partial charge in [0, 0.05) is 12.8 Å². The van der Waals surface area contributed by atoms with E-state index in [-0.39, 0.29) is 12.8 Å². The molecule has 0 bridgehead atoms. The molecule has 0 aromatic heterocycles. The number of rotatable bonds is 17. The van der Waals surface area contributed by atoms with E-state index in [0.29, 0.717) is 0 Å². The van der Waals surface area contributed by atoms with Crippen molar-refractivity contribution in [2.24, 2.45) is 17.2 Å². The highest BCUT2D eigenvalue weighted by atomic mass is 16.4. The zero-order valence-electron chi connectivity index (χ0n) is 18.4. The summed E-state index contributed by atoms with van der Waals surface area (Å²) in [6, 6.07) is -6.56. The Balaban J connectivity index is 5.59. The Hall–Kier alpha value is -4.28. The molecule has 0 radical (unpaired) electrons. The average molecular weight is 504 g/mol. The van der Waals surface area contributed by atoms with Crippen LogP contribution in [0.1, 0.15) is 38.5 Å². The minimum absolute atomic E-state index is 0.185. The molecule has 0 aromatic carbocycles. The topological polar surface area (TPSA) is 311 Å². The maximum atomic E-state index is 12.7. The molecule has 4 atom stereocenters. The van der Waals surface area contributed by atoms with Crippen molar-refractivity contribution >= 4 is 47.4 Å². The lowest BCUT2D eigenvalue weighted by atomic mass is 10.1. The predicted molar refractivity (Wildman–Crippen MR) is 113 cm³/mol. The lowest BCUT2D eigenvalue weighted by Gasteiger charge is -2.24. The van der Waals surface area contributed by atoms with Gasteiger partial charge in [0.25, 0.3) is 0 Å². The van der Waals surface area contributed by atoms with Gasteiger partial charge in [0.1, 0.15) is 18.1 Å². The third-order valence-corrected chi connectivity index (χ3v) is 4.35. The molecule has 0 aromatic rings. The Morgan fingerprint density at radius 2 is 1.11 bits per heavy atom. The van der Waals surface area contributed by atoms with Crippen LogP contribution in [0.25, 0.3) is 0 Å². The summed E-state index contributed by atoms with van der Waals surface area (Å²) in [6.07, 6.45) is -3.43. The summed E-state index contributed by atoms with van der Waals surface area (Å²) >= 11 is 0. The fraction of sp³-hybridized carbons (Fsp3) is 0.556. The molecule has 17 heteroatoms. The molecule has 17 nitrogen and oxygen atoms in total. The number of primary amides is 2. The average Bonchev–Trinajstić information content (AvgIpc) is 2.72. The van der Waals surface area contributed by atoms with Crippen LogP contribution in [0.4, 0.5) is 0 Å². The number of carboxylic acid groups (broad SMARTS) is 3. The Bertz CT molecular complexity index is 862. The summed E-state index contributed by atoms with van der Waals surface area (Å²) in [5, 5.41) is 32.8. The first-order valence-corrected chi connectivity index (χ1v) is 10.0. The van der Waals surface area contributed by atoms with Gasteiger partial charge in [0.15, 0.2) is 0 Å². The summed E-state index contributed by atoms with van der Waals surface area (Å²) in [6.45, 7) is 0. The molecule has 0 heterocycles. The van der Waals surface area contributed by atoms with Crippen molar-refractivity contribution in [3.05, 3.63) is 0 Å². The number of nitrogens with one attached hydrogen (secondary N) is 3. The summed E-state index contributed by atoms with van der Waals surface area (Å²) in [5.74, 6) is -9.78. The van der Waals surface area contributed by atoms with Gasteiger partial charge < -0.3 is 48.5 Å². The number of hydrogen-bond donors (Lipinski definition) is 9. The van der Waals surface area contributed by atoms with E-state index < -0.39 is 97.3 Å². The Labute approximate surface area is 197 Å². The maximum absolute atomic E-state index is 12.7. The summed E-state index contributed by atoms with van der Waals surface area (Å²) < 4.78 is 0. The van der Waals surface area contributed by atoms with Gasteiger partial charge in [-0.25, -0.2) is 4.79 Å². The van der Waals surface area contributed by atoms with Crippen molar-refractivity contribution in [2.75, 3.05) is 0 Å². The molecular weight excluding hydrogens is 476 g/mol. The Morgan fingerprint density at radius 3 is 1.57 bits per heavy atom.